The number of thiazole rings is 1. The van der Waals surface area contributed by atoms with E-state index in [-0.39, 0.29) is 5.56 Å². The van der Waals surface area contributed by atoms with Crippen LogP contribution in [-0.2, 0) is 6.54 Å². The van der Waals surface area contributed by atoms with Crippen molar-refractivity contribution in [3.05, 3.63) is 41.2 Å². The van der Waals surface area contributed by atoms with E-state index in [0.29, 0.717) is 16.3 Å². The van der Waals surface area contributed by atoms with Gasteiger partial charge >= 0.3 is 0 Å². The van der Waals surface area contributed by atoms with E-state index in [1.54, 1.807) is 23.3 Å². The lowest BCUT2D eigenvalue weighted by molar-refractivity contribution is 0.602. The van der Waals surface area contributed by atoms with Crippen LogP contribution in [0.2, 0.25) is 0 Å². The monoisotopic (exact) mass is 284 g/mol. The van der Waals surface area contributed by atoms with E-state index in [1.807, 2.05) is 12.1 Å². The lowest BCUT2D eigenvalue weighted by Crippen LogP contribution is -2.20. The van der Waals surface area contributed by atoms with Crippen molar-refractivity contribution in [3.63, 3.8) is 0 Å². The average Bonchev–Trinajstić information content (AvgIpc) is 3.19. The highest BCUT2D eigenvalue weighted by Crippen LogP contribution is 2.30. The minimum atomic E-state index is 0.0227. The SMILES string of the molecule is O=c1c2sc(-c3cccnc3)nc2ncn1CC1CC1. The molecular formula is C14H12N4OS. The van der Waals surface area contributed by atoms with Gasteiger partial charge in [0.1, 0.15) is 16.0 Å². The van der Waals surface area contributed by atoms with Gasteiger partial charge in [-0.15, -0.1) is 11.3 Å². The number of pyridine rings is 1. The van der Waals surface area contributed by atoms with Gasteiger partial charge in [0.2, 0.25) is 0 Å². The Hall–Kier alpha value is -2.08. The van der Waals surface area contributed by atoms with Gasteiger partial charge in [0.15, 0.2) is 5.65 Å². The summed E-state index contributed by atoms with van der Waals surface area (Å²) < 4.78 is 2.34. The number of rotatable bonds is 3. The number of hydrogen-bond acceptors (Lipinski definition) is 5. The Balaban J connectivity index is 1.83. The molecular weight excluding hydrogens is 272 g/mol. The van der Waals surface area contributed by atoms with Crippen molar-refractivity contribution < 1.29 is 0 Å². The predicted molar refractivity (Wildman–Crippen MR) is 77.6 cm³/mol. The smallest absolute Gasteiger partial charge is 0.273 e. The third-order valence-electron chi connectivity index (χ3n) is 3.44. The fourth-order valence-electron chi connectivity index (χ4n) is 2.17. The summed E-state index contributed by atoms with van der Waals surface area (Å²) in [5.41, 5.74) is 1.48. The summed E-state index contributed by atoms with van der Waals surface area (Å²) in [6.45, 7) is 0.780. The highest BCUT2D eigenvalue weighted by Gasteiger charge is 2.23. The number of nitrogens with zero attached hydrogens (tertiary/aromatic N) is 4. The normalized spacial score (nSPS) is 14.8. The second-order valence-corrected chi connectivity index (χ2v) is 6.06. The molecule has 0 unspecified atom stereocenters. The van der Waals surface area contributed by atoms with Crippen LogP contribution in [0.25, 0.3) is 20.9 Å². The summed E-state index contributed by atoms with van der Waals surface area (Å²) in [7, 11) is 0. The Bertz CT molecular complexity index is 820. The van der Waals surface area contributed by atoms with Crippen LogP contribution >= 0.6 is 11.3 Å². The first-order valence-corrected chi connectivity index (χ1v) is 7.39. The summed E-state index contributed by atoms with van der Waals surface area (Å²) in [4.78, 5) is 25.2. The van der Waals surface area contributed by atoms with Crippen LogP contribution in [0.4, 0.5) is 0 Å². The van der Waals surface area contributed by atoms with Crippen molar-refractivity contribution >= 4 is 21.7 Å². The maximum Gasteiger partial charge on any atom is 0.273 e. The Morgan fingerprint density at radius 2 is 2.30 bits per heavy atom. The van der Waals surface area contributed by atoms with E-state index in [9.17, 15) is 4.79 Å². The molecule has 4 rings (SSSR count). The van der Waals surface area contributed by atoms with Gasteiger partial charge in [0.05, 0.1) is 0 Å². The maximum atomic E-state index is 12.4. The second kappa shape index (κ2) is 4.49. The lowest BCUT2D eigenvalue weighted by atomic mass is 10.3. The first-order chi connectivity index (χ1) is 9.81. The fraction of sp³-hybridized carbons (Fsp3) is 0.286. The maximum absolute atomic E-state index is 12.4. The first-order valence-electron chi connectivity index (χ1n) is 6.57. The highest BCUT2D eigenvalue weighted by atomic mass is 32.1. The molecule has 1 aliphatic rings. The second-order valence-electron chi connectivity index (χ2n) is 5.06. The molecule has 1 aliphatic carbocycles. The summed E-state index contributed by atoms with van der Waals surface area (Å²) in [5.74, 6) is 0.651. The van der Waals surface area contributed by atoms with Gasteiger partial charge < -0.3 is 0 Å². The zero-order chi connectivity index (χ0) is 13.5. The van der Waals surface area contributed by atoms with E-state index >= 15 is 0 Å². The summed E-state index contributed by atoms with van der Waals surface area (Å²) in [5, 5.41) is 0.793. The van der Waals surface area contributed by atoms with Gasteiger partial charge in [-0.2, -0.15) is 0 Å². The molecule has 1 saturated carbocycles. The molecule has 0 aliphatic heterocycles. The van der Waals surface area contributed by atoms with Gasteiger partial charge in [0, 0.05) is 24.5 Å². The molecule has 0 spiro atoms. The van der Waals surface area contributed by atoms with Gasteiger partial charge in [-0.1, -0.05) is 0 Å². The van der Waals surface area contributed by atoms with E-state index in [4.69, 9.17) is 0 Å². The third kappa shape index (κ3) is 2.02. The summed E-state index contributed by atoms with van der Waals surface area (Å²) in [6, 6.07) is 3.80. The molecule has 100 valence electrons. The quantitative estimate of drug-likeness (QED) is 0.740. The van der Waals surface area contributed by atoms with Gasteiger partial charge in [-0.05, 0) is 30.9 Å². The van der Waals surface area contributed by atoms with Crippen LogP contribution in [-0.4, -0.2) is 19.5 Å². The van der Waals surface area contributed by atoms with Crippen LogP contribution in [0.15, 0.2) is 35.6 Å². The molecule has 0 aromatic carbocycles. The van der Waals surface area contributed by atoms with Gasteiger partial charge in [-0.25, -0.2) is 9.97 Å². The highest BCUT2D eigenvalue weighted by molar-refractivity contribution is 7.21. The molecule has 0 atom stereocenters. The molecule has 3 aromatic rings. The van der Waals surface area contributed by atoms with Gasteiger partial charge in [-0.3, -0.25) is 14.3 Å². The van der Waals surface area contributed by atoms with Crippen molar-refractivity contribution in [1.82, 2.24) is 19.5 Å². The molecule has 20 heavy (non-hydrogen) atoms. The zero-order valence-electron chi connectivity index (χ0n) is 10.7. The van der Waals surface area contributed by atoms with Crippen LogP contribution in [0.5, 0.6) is 0 Å². The standard InChI is InChI=1S/C14H12N4OS/c19-14-11-12(16-8-18(14)7-9-3-4-9)17-13(20-11)10-2-1-5-15-6-10/h1-2,5-6,8-9H,3-4,7H2. The molecule has 3 heterocycles. The zero-order valence-corrected chi connectivity index (χ0v) is 11.5. The molecule has 6 heteroatoms. The molecule has 3 aromatic heterocycles. The van der Waals surface area contributed by atoms with Crippen LogP contribution < -0.4 is 5.56 Å². The van der Waals surface area contributed by atoms with Crippen molar-refractivity contribution in [2.45, 2.75) is 19.4 Å². The van der Waals surface area contributed by atoms with E-state index in [1.165, 1.54) is 24.2 Å². The molecule has 0 bridgehead atoms. The molecule has 5 nitrogen and oxygen atoms in total. The van der Waals surface area contributed by atoms with E-state index in [2.05, 4.69) is 15.0 Å². The Kier molecular flexibility index (Phi) is 2.63. The van der Waals surface area contributed by atoms with Crippen molar-refractivity contribution in [1.29, 1.82) is 0 Å². The molecule has 0 radical (unpaired) electrons. The van der Waals surface area contributed by atoms with E-state index < -0.39 is 0 Å². The summed E-state index contributed by atoms with van der Waals surface area (Å²) >= 11 is 1.39. The van der Waals surface area contributed by atoms with Crippen molar-refractivity contribution in [2.75, 3.05) is 0 Å². The topological polar surface area (TPSA) is 60.7 Å². The van der Waals surface area contributed by atoms with Crippen LogP contribution in [0.3, 0.4) is 0 Å². The number of fused-ring (bicyclic) bond motifs is 1. The van der Waals surface area contributed by atoms with Gasteiger partial charge in [0.25, 0.3) is 5.56 Å². The van der Waals surface area contributed by atoms with Crippen LogP contribution in [0, 0.1) is 5.92 Å². The molecule has 0 saturated heterocycles. The summed E-state index contributed by atoms with van der Waals surface area (Å²) in [6.07, 6.45) is 7.52. The van der Waals surface area contributed by atoms with E-state index in [0.717, 1.165) is 17.1 Å². The van der Waals surface area contributed by atoms with Crippen molar-refractivity contribution in [3.8, 4) is 10.6 Å². The molecule has 1 fully saturated rings. The number of aromatic nitrogens is 4. The number of hydrogen-bond donors (Lipinski definition) is 0. The minimum Gasteiger partial charge on any atom is -0.298 e. The minimum absolute atomic E-state index is 0.0227. The Morgan fingerprint density at radius 3 is 3.05 bits per heavy atom. The van der Waals surface area contributed by atoms with Crippen molar-refractivity contribution in [2.24, 2.45) is 5.92 Å². The first kappa shape index (κ1) is 11.7. The third-order valence-corrected chi connectivity index (χ3v) is 4.53. The fourth-order valence-corrected chi connectivity index (χ4v) is 3.13. The molecule has 0 amide bonds. The Labute approximate surface area is 119 Å². The van der Waals surface area contributed by atoms with Crippen LogP contribution in [0.1, 0.15) is 12.8 Å². The predicted octanol–water partition coefficient (Wildman–Crippen LogP) is 2.33. The Morgan fingerprint density at radius 1 is 1.40 bits per heavy atom. The molecule has 0 N–H and O–H groups in total. The average molecular weight is 284 g/mol. The largest absolute Gasteiger partial charge is 0.298 e. The lowest BCUT2D eigenvalue weighted by Gasteiger charge is -2.01.